The Hall–Kier alpha value is -2.09. The average molecular weight is 335 g/mol. The maximum atomic E-state index is 12.0. The molecule has 0 aromatic carbocycles. The molecule has 0 spiro atoms. The second kappa shape index (κ2) is 8.14. The van der Waals surface area contributed by atoms with Gasteiger partial charge in [0.2, 0.25) is 5.91 Å². The summed E-state index contributed by atoms with van der Waals surface area (Å²) in [5.41, 5.74) is 0.563. The number of urea groups is 1. The van der Waals surface area contributed by atoms with E-state index < -0.39 is 0 Å². The number of hydrogen-bond acceptors (Lipinski definition) is 4. The van der Waals surface area contributed by atoms with Crippen LogP contribution in [0.1, 0.15) is 38.5 Å². The van der Waals surface area contributed by atoms with Crippen LogP contribution in [0.5, 0.6) is 0 Å². The summed E-state index contributed by atoms with van der Waals surface area (Å²) in [5.74, 6) is -0.0422. The molecule has 1 aliphatic carbocycles. The minimum atomic E-state index is -0.291. The smallest absolute Gasteiger partial charge is 0.319 e. The predicted molar refractivity (Wildman–Crippen MR) is 88.6 cm³/mol. The first kappa shape index (κ1) is 16.8. The van der Waals surface area contributed by atoms with Crippen molar-refractivity contribution >= 4 is 17.6 Å². The Morgan fingerprint density at radius 3 is 2.83 bits per heavy atom. The summed E-state index contributed by atoms with van der Waals surface area (Å²) < 4.78 is 6.98. The highest BCUT2D eigenvalue weighted by Crippen LogP contribution is 2.17. The van der Waals surface area contributed by atoms with Crippen LogP contribution in [0.15, 0.2) is 12.4 Å². The number of nitrogens with one attached hydrogen (secondary N) is 3. The molecule has 3 rings (SSSR count). The van der Waals surface area contributed by atoms with Crippen LogP contribution in [-0.4, -0.2) is 47.0 Å². The molecule has 1 unspecified atom stereocenters. The summed E-state index contributed by atoms with van der Waals surface area (Å²) in [4.78, 5) is 23.8. The normalized spacial score (nSPS) is 20.9. The Bertz CT molecular complexity index is 562. The number of carbonyl (C=O) groups excluding carboxylic acids is 2. The SMILES string of the molecule is O=C(Cn1cc(NC(=O)NCC2CCCO2)cn1)NC1CCCC1. The molecule has 8 nitrogen and oxygen atoms in total. The van der Waals surface area contributed by atoms with E-state index in [0.717, 1.165) is 32.3 Å². The van der Waals surface area contributed by atoms with Crippen molar-refractivity contribution in [1.82, 2.24) is 20.4 Å². The molecule has 3 amide bonds. The first-order valence-electron chi connectivity index (χ1n) is 8.67. The maximum Gasteiger partial charge on any atom is 0.319 e. The van der Waals surface area contributed by atoms with Gasteiger partial charge in [0.15, 0.2) is 0 Å². The lowest BCUT2D eigenvalue weighted by Gasteiger charge is -2.11. The lowest BCUT2D eigenvalue weighted by atomic mass is 10.2. The number of carbonyl (C=O) groups is 2. The summed E-state index contributed by atoms with van der Waals surface area (Å²) in [6, 6.07) is 0.00898. The lowest BCUT2D eigenvalue weighted by Crippen LogP contribution is -2.35. The Balaban J connectivity index is 1.39. The molecule has 24 heavy (non-hydrogen) atoms. The topological polar surface area (TPSA) is 97.3 Å². The van der Waals surface area contributed by atoms with Gasteiger partial charge in [0, 0.05) is 25.4 Å². The number of aromatic nitrogens is 2. The minimum absolute atomic E-state index is 0.0422. The molecular weight excluding hydrogens is 310 g/mol. The number of nitrogens with zero attached hydrogens (tertiary/aromatic N) is 2. The first-order chi connectivity index (χ1) is 11.7. The van der Waals surface area contributed by atoms with Gasteiger partial charge >= 0.3 is 6.03 Å². The van der Waals surface area contributed by atoms with Gasteiger partial charge in [0.1, 0.15) is 6.54 Å². The molecule has 1 aromatic rings. The standard InChI is InChI=1S/C16H25N5O3/c22-15(19-12-4-1-2-5-12)11-21-10-13(8-18-21)20-16(23)17-9-14-6-3-7-24-14/h8,10,12,14H,1-7,9,11H2,(H,19,22)(H2,17,20,23). The van der Waals surface area contributed by atoms with Crippen LogP contribution < -0.4 is 16.0 Å². The Morgan fingerprint density at radius 2 is 2.08 bits per heavy atom. The Kier molecular flexibility index (Phi) is 5.68. The molecule has 8 heteroatoms. The van der Waals surface area contributed by atoms with Crippen molar-refractivity contribution in [1.29, 1.82) is 0 Å². The molecule has 2 heterocycles. The zero-order valence-corrected chi connectivity index (χ0v) is 13.8. The molecule has 0 bridgehead atoms. The van der Waals surface area contributed by atoms with Gasteiger partial charge in [0.25, 0.3) is 0 Å². The number of anilines is 1. The van der Waals surface area contributed by atoms with Crippen molar-refractivity contribution in [3.8, 4) is 0 Å². The van der Waals surface area contributed by atoms with Crippen LogP contribution in [0.2, 0.25) is 0 Å². The van der Waals surface area contributed by atoms with E-state index in [4.69, 9.17) is 4.74 Å². The molecule has 3 N–H and O–H groups in total. The van der Waals surface area contributed by atoms with Gasteiger partial charge < -0.3 is 20.7 Å². The molecule has 1 aromatic heterocycles. The van der Waals surface area contributed by atoms with E-state index in [1.54, 1.807) is 6.20 Å². The quantitative estimate of drug-likeness (QED) is 0.728. The molecule has 0 radical (unpaired) electrons. The van der Waals surface area contributed by atoms with Gasteiger partial charge in [-0.05, 0) is 25.7 Å². The van der Waals surface area contributed by atoms with E-state index in [1.165, 1.54) is 23.7 Å². The van der Waals surface area contributed by atoms with Crippen molar-refractivity contribution in [2.45, 2.75) is 57.2 Å². The number of hydrogen-bond donors (Lipinski definition) is 3. The van der Waals surface area contributed by atoms with Crippen LogP contribution in [0, 0.1) is 0 Å². The van der Waals surface area contributed by atoms with Gasteiger partial charge in [-0.1, -0.05) is 12.8 Å². The van der Waals surface area contributed by atoms with Gasteiger partial charge in [-0.2, -0.15) is 5.10 Å². The van der Waals surface area contributed by atoms with Crippen LogP contribution in [0.4, 0.5) is 10.5 Å². The fraction of sp³-hybridized carbons (Fsp3) is 0.688. The second-order valence-electron chi connectivity index (χ2n) is 6.45. The molecule has 1 saturated heterocycles. The molecule has 1 atom stereocenters. The average Bonchev–Trinajstić information content (AvgIpc) is 3.28. The predicted octanol–water partition coefficient (Wildman–Crippen LogP) is 1.24. The van der Waals surface area contributed by atoms with Crippen molar-refractivity contribution in [3.63, 3.8) is 0 Å². The Labute approximate surface area is 141 Å². The zero-order valence-electron chi connectivity index (χ0n) is 13.8. The number of amides is 3. The van der Waals surface area contributed by atoms with Gasteiger partial charge in [-0.3, -0.25) is 9.48 Å². The fourth-order valence-corrected chi connectivity index (χ4v) is 3.19. The van der Waals surface area contributed by atoms with E-state index in [1.807, 2.05) is 0 Å². The third-order valence-electron chi connectivity index (χ3n) is 4.43. The molecule has 1 aliphatic heterocycles. The van der Waals surface area contributed by atoms with Crippen molar-refractivity contribution in [2.75, 3.05) is 18.5 Å². The van der Waals surface area contributed by atoms with E-state index in [9.17, 15) is 9.59 Å². The summed E-state index contributed by atoms with van der Waals surface area (Å²) in [6.45, 7) is 1.43. The third-order valence-corrected chi connectivity index (χ3v) is 4.43. The fourth-order valence-electron chi connectivity index (χ4n) is 3.19. The highest BCUT2D eigenvalue weighted by atomic mass is 16.5. The summed E-state index contributed by atoms with van der Waals surface area (Å²) in [7, 11) is 0. The first-order valence-corrected chi connectivity index (χ1v) is 8.67. The number of ether oxygens (including phenoxy) is 1. The lowest BCUT2D eigenvalue weighted by molar-refractivity contribution is -0.122. The van der Waals surface area contributed by atoms with Crippen molar-refractivity contribution in [3.05, 3.63) is 12.4 Å². The van der Waals surface area contributed by atoms with Crippen LogP contribution in [0.25, 0.3) is 0 Å². The summed E-state index contributed by atoms with van der Waals surface area (Å²) in [5, 5.41) is 12.6. The molecule has 132 valence electrons. The van der Waals surface area contributed by atoms with Crippen molar-refractivity contribution < 1.29 is 14.3 Å². The number of rotatable bonds is 6. The molecule has 1 saturated carbocycles. The van der Waals surface area contributed by atoms with Crippen LogP contribution in [-0.2, 0) is 16.1 Å². The van der Waals surface area contributed by atoms with Crippen LogP contribution >= 0.6 is 0 Å². The minimum Gasteiger partial charge on any atom is -0.376 e. The highest BCUT2D eigenvalue weighted by molar-refractivity contribution is 5.88. The zero-order chi connectivity index (χ0) is 16.8. The van der Waals surface area contributed by atoms with Crippen LogP contribution in [0.3, 0.4) is 0 Å². The third kappa shape index (κ3) is 4.95. The summed E-state index contributed by atoms with van der Waals surface area (Å²) in [6.07, 6.45) is 9.80. The molecule has 2 aliphatic rings. The largest absolute Gasteiger partial charge is 0.376 e. The van der Waals surface area contributed by atoms with E-state index in [2.05, 4.69) is 21.0 Å². The van der Waals surface area contributed by atoms with Gasteiger partial charge in [-0.25, -0.2) is 4.79 Å². The van der Waals surface area contributed by atoms with Gasteiger partial charge in [0.05, 0.1) is 18.0 Å². The monoisotopic (exact) mass is 335 g/mol. The molecular formula is C16H25N5O3. The molecule has 2 fully saturated rings. The second-order valence-corrected chi connectivity index (χ2v) is 6.45. The van der Waals surface area contributed by atoms with E-state index in [-0.39, 0.29) is 24.6 Å². The van der Waals surface area contributed by atoms with E-state index >= 15 is 0 Å². The van der Waals surface area contributed by atoms with Gasteiger partial charge in [-0.15, -0.1) is 0 Å². The Morgan fingerprint density at radius 1 is 1.25 bits per heavy atom. The maximum absolute atomic E-state index is 12.0. The van der Waals surface area contributed by atoms with E-state index in [0.29, 0.717) is 18.3 Å². The van der Waals surface area contributed by atoms with Crippen molar-refractivity contribution in [2.24, 2.45) is 0 Å². The highest BCUT2D eigenvalue weighted by Gasteiger charge is 2.18. The summed E-state index contributed by atoms with van der Waals surface area (Å²) >= 11 is 0.